The van der Waals surface area contributed by atoms with Gasteiger partial charge in [0.1, 0.15) is 12.4 Å². The molecule has 1 rings (SSSR count). The quantitative estimate of drug-likeness (QED) is 0.432. The molecule has 0 spiro atoms. The van der Waals surface area contributed by atoms with E-state index in [9.17, 15) is 9.59 Å². The van der Waals surface area contributed by atoms with E-state index >= 15 is 0 Å². The van der Waals surface area contributed by atoms with Crippen LogP contribution in [0.1, 0.15) is 13.8 Å². The second-order valence-electron chi connectivity index (χ2n) is 3.35. The second kappa shape index (κ2) is 5.85. The minimum absolute atomic E-state index is 0.191. The highest BCUT2D eigenvalue weighted by Crippen LogP contribution is 2.08. The van der Waals surface area contributed by atoms with Crippen molar-refractivity contribution in [2.24, 2.45) is 0 Å². The van der Waals surface area contributed by atoms with Gasteiger partial charge in [0, 0.05) is 0 Å². The normalized spacial score (nSPS) is 9.38. The molecule has 0 aromatic heterocycles. The van der Waals surface area contributed by atoms with E-state index in [0.29, 0.717) is 5.75 Å². The summed E-state index contributed by atoms with van der Waals surface area (Å²) < 4.78 is 5.36. The molecule has 84 valence electrons. The molecule has 16 heavy (non-hydrogen) atoms. The van der Waals surface area contributed by atoms with Crippen molar-refractivity contribution in [3.8, 4) is 5.75 Å². The number of Topliss-reactive ketones (excluding diaryl/α,β-unsaturated/α-hetero) is 2. The Labute approximate surface area is 94.7 Å². The predicted octanol–water partition coefficient (Wildman–Crippen LogP) is 2.17. The number of benzene rings is 1. The topological polar surface area (TPSA) is 43.4 Å². The number of para-hydroxylation sites is 1. The standard InChI is InChI=1S/C13H14O3/c1-10(14)13(11(2)15)8-9-16-12-6-4-3-5-7-12/h3-8H,9H2,1-2H3. The maximum Gasteiger partial charge on any atom is 0.163 e. The van der Waals surface area contributed by atoms with Crippen molar-refractivity contribution < 1.29 is 14.3 Å². The highest BCUT2D eigenvalue weighted by Gasteiger charge is 2.08. The van der Waals surface area contributed by atoms with Crippen LogP contribution in [0.15, 0.2) is 42.0 Å². The minimum atomic E-state index is -0.232. The molecule has 3 heteroatoms. The molecule has 0 saturated carbocycles. The van der Waals surface area contributed by atoms with Crippen LogP contribution in [-0.2, 0) is 9.59 Å². The van der Waals surface area contributed by atoms with Crippen molar-refractivity contribution in [3.05, 3.63) is 42.0 Å². The molecule has 0 radical (unpaired) electrons. The molecule has 0 heterocycles. The summed E-state index contributed by atoms with van der Waals surface area (Å²) in [6.45, 7) is 2.96. The summed E-state index contributed by atoms with van der Waals surface area (Å²) in [5.74, 6) is 0.249. The lowest BCUT2D eigenvalue weighted by Gasteiger charge is -2.03. The molecule has 1 aromatic carbocycles. The fourth-order valence-electron chi connectivity index (χ4n) is 1.27. The zero-order valence-corrected chi connectivity index (χ0v) is 9.40. The first-order valence-electron chi connectivity index (χ1n) is 5.01. The van der Waals surface area contributed by atoms with Crippen LogP contribution in [0.3, 0.4) is 0 Å². The van der Waals surface area contributed by atoms with Gasteiger partial charge in [-0.05, 0) is 32.1 Å². The first-order valence-corrected chi connectivity index (χ1v) is 5.01. The lowest BCUT2D eigenvalue weighted by molar-refractivity contribution is -0.119. The van der Waals surface area contributed by atoms with Gasteiger partial charge in [-0.3, -0.25) is 9.59 Å². The predicted molar refractivity (Wildman–Crippen MR) is 61.4 cm³/mol. The first-order chi connectivity index (χ1) is 7.61. The van der Waals surface area contributed by atoms with Crippen LogP contribution >= 0.6 is 0 Å². The summed E-state index contributed by atoms with van der Waals surface area (Å²) >= 11 is 0. The summed E-state index contributed by atoms with van der Waals surface area (Å²) in [5.41, 5.74) is 0.191. The molecular weight excluding hydrogens is 204 g/mol. The van der Waals surface area contributed by atoms with Gasteiger partial charge in [0.25, 0.3) is 0 Å². The monoisotopic (exact) mass is 218 g/mol. The minimum Gasteiger partial charge on any atom is -0.490 e. The Morgan fingerprint density at radius 3 is 2.19 bits per heavy atom. The lowest BCUT2D eigenvalue weighted by Crippen LogP contribution is -2.08. The lowest BCUT2D eigenvalue weighted by atomic mass is 10.1. The van der Waals surface area contributed by atoms with E-state index < -0.39 is 0 Å². The highest BCUT2D eigenvalue weighted by molar-refractivity contribution is 6.18. The Hall–Kier alpha value is -1.90. The molecule has 3 nitrogen and oxygen atoms in total. The summed E-state index contributed by atoms with van der Waals surface area (Å²) in [6, 6.07) is 9.23. The zero-order chi connectivity index (χ0) is 12.0. The van der Waals surface area contributed by atoms with Gasteiger partial charge in [-0.1, -0.05) is 18.2 Å². The van der Waals surface area contributed by atoms with Gasteiger partial charge >= 0.3 is 0 Å². The van der Waals surface area contributed by atoms with Crippen LogP contribution in [0.4, 0.5) is 0 Å². The van der Waals surface area contributed by atoms with E-state index in [1.54, 1.807) is 0 Å². The largest absolute Gasteiger partial charge is 0.490 e. The van der Waals surface area contributed by atoms with Crippen molar-refractivity contribution in [3.63, 3.8) is 0 Å². The third-order valence-corrected chi connectivity index (χ3v) is 2.04. The number of hydrogen-bond acceptors (Lipinski definition) is 3. The van der Waals surface area contributed by atoms with Crippen molar-refractivity contribution >= 4 is 11.6 Å². The van der Waals surface area contributed by atoms with Crippen molar-refractivity contribution in [1.29, 1.82) is 0 Å². The van der Waals surface area contributed by atoms with Crippen molar-refractivity contribution in [1.82, 2.24) is 0 Å². The van der Waals surface area contributed by atoms with E-state index in [-0.39, 0.29) is 23.7 Å². The number of carbonyl (C=O) groups is 2. The van der Waals surface area contributed by atoms with E-state index in [4.69, 9.17) is 4.74 Å². The molecule has 0 atom stereocenters. The third-order valence-electron chi connectivity index (χ3n) is 2.04. The Kier molecular flexibility index (Phi) is 4.45. The van der Waals surface area contributed by atoms with Crippen molar-refractivity contribution in [2.45, 2.75) is 13.8 Å². The summed E-state index contributed by atoms with van der Waals surface area (Å²) in [7, 11) is 0. The van der Waals surface area contributed by atoms with Gasteiger partial charge in [0.05, 0.1) is 5.57 Å². The molecule has 0 amide bonds. The van der Waals surface area contributed by atoms with Gasteiger partial charge in [0.2, 0.25) is 0 Å². The average Bonchev–Trinajstić information content (AvgIpc) is 2.24. The summed E-state index contributed by atoms with van der Waals surface area (Å²) in [5, 5.41) is 0. The molecule has 1 aromatic rings. The molecule has 0 fully saturated rings. The molecular formula is C13H14O3. The van der Waals surface area contributed by atoms with Gasteiger partial charge in [0.15, 0.2) is 11.6 Å². The maximum absolute atomic E-state index is 11.1. The van der Waals surface area contributed by atoms with Gasteiger partial charge < -0.3 is 4.74 Å². The van der Waals surface area contributed by atoms with Gasteiger partial charge in [-0.2, -0.15) is 0 Å². The average molecular weight is 218 g/mol. The number of allylic oxidation sites excluding steroid dienone is 1. The third kappa shape index (κ3) is 3.69. The number of hydrogen-bond donors (Lipinski definition) is 0. The smallest absolute Gasteiger partial charge is 0.163 e. The Bertz CT molecular complexity index is 388. The van der Waals surface area contributed by atoms with E-state index in [1.165, 1.54) is 19.9 Å². The number of carbonyl (C=O) groups excluding carboxylic acids is 2. The molecule has 0 aliphatic heterocycles. The Morgan fingerprint density at radius 2 is 1.69 bits per heavy atom. The van der Waals surface area contributed by atoms with Crippen LogP contribution in [0.25, 0.3) is 0 Å². The van der Waals surface area contributed by atoms with E-state index in [0.717, 1.165) is 0 Å². The fraction of sp³-hybridized carbons (Fsp3) is 0.231. The van der Waals surface area contributed by atoms with Crippen LogP contribution < -0.4 is 4.74 Å². The number of rotatable bonds is 5. The van der Waals surface area contributed by atoms with E-state index in [2.05, 4.69) is 0 Å². The SMILES string of the molecule is CC(=O)C(=CCOc1ccccc1)C(C)=O. The van der Waals surface area contributed by atoms with Crippen LogP contribution in [-0.4, -0.2) is 18.2 Å². The molecule has 0 unspecified atom stereocenters. The molecule has 0 saturated heterocycles. The summed E-state index contributed by atoms with van der Waals surface area (Å²) in [4.78, 5) is 22.2. The Morgan fingerprint density at radius 1 is 1.12 bits per heavy atom. The zero-order valence-electron chi connectivity index (χ0n) is 9.40. The van der Waals surface area contributed by atoms with Crippen LogP contribution in [0.5, 0.6) is 5.75 Å². The fourth-order valence-corrected chi connectivity index (χ4v) is 1.27. The van der Waals surface area contributed by atoms with Crippen LogP contribution in [0.2, 0.25) is 0 Å². The van der Waals surface area contributed by atoms with E-state index in [1.807, 2.05) is 30.3 Å². The summed E-state index contributed by atoms with van der Waals surface area (Å²) in [6.07, 6.45) is 1.51. The highest BCUT2D eigenvalue weighted by atomic mass is 16.5. The molecule has 0 aliphatic rings. The number of ether oxygens (including phenoxy) is 1. The van der Waals surface area contributed by atoms with Gasteiger partial charge in [-0.15, -0.1) is 0 Å². The van der Waals surface area contributed by atoms with Gasteiger partial charge in [-0.25, -0.2) is 0 Å². The molecule has 0 N–H and O–H groups in total. The van der Waals surface area contributed by atoms with Crippen molar-refractivity contribution in [2.75, 3.05) is 6.61 Å². The second-order valence-corrected chi connectivity index (χ2v) is 3.35. The Balaban J connectivity index is 2.59. The first kappa shape index (κ1) is 12.2. The maximum atomic E-state index is 11.1. The number of ketones is 2. The van der Waals surface area contributed by atoms with Crippen LogP contribution in [0, 0.1) is 0 Å². The molecule has 0 bridgehead atoms. The molecule has 0 aliphatic carbocycles.